The van der Waals surface area contributed by atoms with E-state index >= 15 is 0 Å². The fraction of sp³-hybridized carbons (Fsp3) is 0.571. The van der Waals surface area contributed by atoms with Gasteiger partial charge in [0.1, 0.15) is 16.4 Å². The normalized spacial score (nSPS) is 26.8. The lowest BCUT2D eigenvalue weighted by molar-refractivity contribution is 0.249. The quantitative estimate of drug-likeness (QED) is 0.842. The molecular weight excluding hydrogens is 298 g/mol. The van der Waals surface area contributed by atoms with Crippen LogP contribution >= 0.6 is 0 Å². The Labute approximate surface area is 123 Å². The summed E-state index contributed by atoms with van der Waals surface area (Å²) in [6.45, 7) is 4.10. The Morgan fingerprint density at radius 1 is 1.24 bits per heavy atom. The van der Waals surface area contributed by atoms with Gasteiger partial charge in [-0.25, -0.2) is 21.9 Å². The van der Waals surface area contributed by atoms with Gasteiger partial charge in [-0.3, -0.25) is 0 Å². The molecule has 4 nitrogen and oxygen atoms in total. The maximum Gasteiger partial charge on any atom is 0.243 e. The van der Waals surface area contributed by atoms with Crippen molar-refractivity contribution < 1.29 is 17.2 Å². The topological polar surface area (TPSA) is 72.2 Å². The molecule has 1 saturated carbocycles. The Morgan fingerprint density at radius 2 is 1.90 bits per heavy atom. The van der Waals surface area contributed by atoms with E-state index in [-0.39, 0.29) is 12.0 Å². The van der Waals surface area contributed by atoms with Crippen molar-refractivity contribution in [3.05, 3.63) is 23.8 Å². The minimum atomic E-state index is -4.05. The molecule has 7 heteroatoms. The number of hydrogen-bond donors (Lipinski definition) is 2. The number of halogens is 2. The summed E-state index contributed by atoms with van der Waals surface area (Å²) in [5, 5.41) is 0. The average molecular weight is 318 g/mol. The number of sulfonamides is 1. The highest BCUT2D eigenvalue weighted by atomic mass is 32.2. The summed E-state index contributed by atoms with van der Waals surface area (Å²) in [5.41, 5.74) is 4.44. The van der Waals surface area contributed by atoms with Gasteiger partial charge in [-0.2, -0.15) is 0 Å². The van der Waals surface area contributed by atoms with Gasteiger partial charge in [0.05, 0.1) is 0 Å². The molecule has 1 aliphatic carbocycles. The van der Waals surface area contributed by atoms with Crippen LogP contribution in [0.2, 0.25) is 0 Å². The van der Waals surface area contributed by atoms with Crippen molar-refractivity contribution in [1.29, 1.82) is 0 Å². The summed E-state index contributed by atoms with van der Waals surface area (Å²) < 4.78 is 54.1. The first kappa shape index (κ1) is 16.2. The summed E-state index contributed by atoms with van der Waals surface area (Å²) in [4.78, 5) is -0.604. The van der Waals surface area contributed by atoms with E-state index in [4.69, 9.17) is 5.73 Å². The Bertz CT molecular complexity index is 634. The van der Waals surface area contributed by atoms with Crippen molar-refractivity contribution in [2.75, 3.05) is 5.73 Å². The minimum absolute atomic E-state index is 0.171. The first-order chi connectivity index (χ1) is 9.72. The van der Waals surface area contributed by atoms with Gasteiger partial charge in [0.2, 0.25) is 10.0 Å². The Kier molecular flexibility index (Phi) is 4.53. The number of benzene rings is 1. The predicted octanol–water partition coefficient (Wildman–Crippen LogP) is 2.65. The summed E-state index contributed by atoms with van der Waals surface area (Å²) in [7, 11) is -4.05. The lowest BCUT2D eigenvalue weighted by Crippen LogP contribution is -2.42. The zero-order valence-corrected chi connectivity index (χ0v) is 12.9. The number of anilines is 1. The number of nitrogens with two attached hydrogens (primary N) is 1. The molecule has 1 aliphatic rings. The predicted molar refractivity (Wildman–Crippen MR) is 77.1 cm³/mol. The molecule has 1 aromatic rings. The molecule has 0 amide bonds. The van der Waals surface area contributed by atoms with Gasteiger partial charge in [-0.1, -0.05) is 13.8 Å². The van der Waals surface area contributed by atoms with Crippen molar-refractivity contribution >= 4 is 15.7 Å². The smallest absolute Gasteiger partial charge is 0.243 e. The van der Waals surface area contributed by atoms with Gasteiger partial charge < -0.3 is 5.73 Å². The Balaban J connectivity index is 2.25. The molecule has 21 heavy (non-hydrogen) atoms. The molecule has 2 rings (SSSR count). The molecule has 1 fully saturated rings. The van der Waals surface area contributed by atoms with Gasteiger partial charge >= 0.3 is 0 Å². The van der Waals surface area contributed by atoms with Crippen LogP contribution in [0, 0.1) is 23.5 Å². The maximum atomic E-state index is 13.9. The van der Waals surface area contributed by atoms with Crippen LogP contribution in [-0.2, 0) is 10.0 Å². The maximum absolute atomic E-state index is 13.9. The molecule has 0 aromatic heterocycles. The van der Waals surface area contributed by atoms with E-state index in [1.54, 1.807) is 0 Å². The van der Waals surface area contributed by atoms with E-state index in [0.29, 0.717) is 12.3 Å². The second kappa shape index (κ2) is 5.88. The first-order valence-electron chi connectivity index (χ1n) is 6.98. The van der Waals surface area contributed by atoms with E-state index in [1.807, 2.05) is 6.92 Å². The minimum Gasteiger partial charge on any atom is -0.394 e. The summed E-state index contributed by atoms with van der Waals surface area (Å²) >= 11 is 0. The fourth-order valence-corrected chi connectivity index (χ4v) is 4.33. The third-order valence-electron chi connectivity index (χ3n) is 4.12. The van der Waals surface area contributed by atoms with Crippen LogP contribution < -0.4 is 10.5 Å². The van der Waals surface area contributed by atoms with Crippen LogP contribution in [0.15, 0.2) is 17.0 Å². The largest absolute Gasteiger partial charge is 0.394 e. The molecule has 0 radical (unpaired) electrons. The van der Waals surface area contributed by atoms with Crippen molar-refractivity contribution in [3.8, 4) is 0 Å². The number of nitrogens with one attached hydrogen (secondary N) is 1. The molecule has 0 saturated heterocycles. The summed E-state index contributed by atoms with van der Waals surface area (Å²) in [6.07, 6.45) is 2.55. The van der Waals surface area contributed by atoms with E-state index in [0.717, 1.165) is 25.0 Å². The molecular formula is C14H20F2N2O2S. The van der Waals surface area contributed by atoms with Gasteiger partial charge in [-0.05, 0) is 43.2 Å². The van der Waals surface area contributed by atoms with E-state index in [9.17, 15) is 17.2 Å². The van der Waals surface area contributed by atoms with E-state index in [1.165, 1.54) is 0 Å². The monoisotopic (exact) mass is 318 g/mol. The van der Waals surface area contributed by atoms with Crippen molar-refractivity contribution in [1.82, 2.24) is 4.72 Å². The third-order valence-corrected chi connectivity index (χ3v) is 5.63. The SMILES string of the molecule is CC1CCC(NS(=O)(=O)c2ccc(F)c(N)c2F)C(C)C1. The Morgan fingerprint density at radius 3 is 2.52 bits per heavy atom. The fourth-order valence-electron chi connectivity index (χ4n) is 2.86. The molecule has 0 spiro atoms. The van der Waals surface area contributed by atoms with Crippen LogP contribution in [0.25, 0.3) is 0 Å². The molecule has 3 atom stereocenters. The average Bonchev–Trinajstić information content (AvgIpc) is 2.39. The number of rotatable bonds is 3. The first-order valence-corrected chi connectivity index (χ1v) is 8.46. The lowest BCUT2D eigenvalue weighted by Gasteiger charge is -2.32. The second-order valence-corrected chi connectivity index (χ2v) is 7.58. The van der Waals surface area contributed by atoms with Crippen molar-refractivity contribution in [3.63, 3.8) is 0 Å². The standard InChI is InChI=1S/C14H20F2N2O2S/c1-8-3-5-11(9(2)7-8)18-21(19,20)12-6-4-10(15)14(17)13(12)16/h4,6,8-9,11,18H,3,5,7,17H2,1-2H3. The zero-order valence-electron chi connectivity index (χ0n) is 12.1. The van der Waals surface area contributed by atoms with Gasteiger partial charge in [0, 0.05) is 6.04 Å². The van der Waals surface area contributed by atoms with Crippen LogP contribution in [0.1, 0.15) is 33.1 Å². The Hall–Kier alpha value is -1.21. The highest BCUT2D eigenvalue weighted by Gasteiger charge is 2.31. The molecule has 3 unspecified atom stereocenters. The summed E-state index contributed by atoms with van der Waals surface area (Å²) in [6, 6.07) is 1.52. The molecule has 118 valence electrons. The molecule has 1 aromatic carbocycles. The van der Waals surface area contributed by atoms with Gasteiger partial charge in [0.25, 0.3) is 0 Å². The van der Waals surface area contributed by atoms with Crippen LogP contribution in [0.3, 0.4) is 0 Å². The van der Waals surface area contributed by atoms with Crippen LogP contribution in [0.4, 0.5) is 14.5 Å². The molecule has 0 bridgehead atoms. The van der Waals surface area contributed by atoms with Crippen molar-refractivity contribution in [2.45, 2.75) is 44.0 Å². The zero-order chi connectivity index (χ0) is 15.8. The lowest BCUT2D eigenvalue weighted by atomic mass is 9.80. The number of hydrogen-bond acceptors (Lipinski definition) is 3. The highest BCUT2D eigenvalue weighted by Crippen LogP contribution is 2.30. The second-order valence-electron chi connectivity index (χ2n) is 5.90. The molecule has 0 aliphatic heterocycles. The number of nitrogen functional groups attached to an aromatic ring is 1. The highest BCUT2D eigenvalue weighted by molar-refractivity contribution is 7.89. The van der Waals surface area contributed by atoms with E-state index < -0.39 is 32.2 Å². The summed E-state index contributed by atoms with van der Waals surface area (Å²) in [5.74, 6) is -1.48. The van der Waals surface area contributed by atoms with Gasteiger partial charge in [0.15, 0.2) is 5.82 Å². The van der Waals surface area contributed by atoms with Crippen molar-refractivity contribution in [2.24, 2.45) is 11.8 Å². The van der Waals surface area contributed by atoms with Crippen LogP contribution in [0.5, 0.6) is 0 Å². The van der Waals surface area contributed by atoms with Gasteiger partial charge in [-0.15, -0.1) is 0 Å². The van der Waals surface area contributed by atoms with Crippen LogP contribution in [-0.4, -0.2) is 14.5 Å². The molecule has 0 heterocycles. The molecule has 3 N–H and O–H groups in total. The van der Waals surface area contributed by atoms with E-state index in [2.05, 4.69) is 11.6 Å². The third kappa shape index (κ3) is 3.35.